The van der Waals surface area contributed by atoms with Gasteiger partial charge in [0.25, 0.3) is 0 Å². The number of nitrogens with two attached hydrogens (primary N) is 1. The van der Waals surface area contributed by atoms with Gasteiger partial charge in [0.1, 0.15) is 4.99 Å². The Morgan fingerprint density at radius 3 is 2.67 bits per heavy atom. The van der Waals surface area contributed by atoms with E-state index < -0.39 is 0 Å². The first-order valence-electron chi connectivity index (χ1n) is 6.37. The molecule has 2 saturated heterocycles. The number of hydrogen-bond donors (Lipinski definition) is 2. The van der Waals surface area contributed by atoms with Crippen LogP contribution in [0.2, 0.25) is 0 Å². The zero-order valence-corrected chi connectivity index (χ0v) is 10.9. The molecule has 18 heavy (non-hydrogen) atoms. The van der Waals surface area contributed by atoms with Crippen LogP contribution in [0.25, 0.3) is 0 Å². The lowest BCUT2D eigenvalue weighted by Gasteiger charge is -2.39. The number of fused-ring (bicyclic) bond motifs is 2. The van der Waals surface area contributed by atoms with Crippen LogP contribution in [0.1, 0.15) is 31.4 Å². The van der Waals surface area contributed by atoms with E-state index in [-0.39, 0.29) is 6.10 Å². The molecule has 0 aliphatic carbocycles. The largest absolute Gasteiger partial charge is 0.393 e. The maximum atomic E-state index is 9.82. The molecule has 4 nitrogen and oxygen atoms in total. The molecule has 0 saturated carbocycles. The average Bonchev–Trinajstić information content (AvgIpc) is 2.62. The van der Waals surface area contributed by atoms with Gasteiger partial charge in [-0.2, -0.15) is 0 Å². The molecule has 1 aromatic rings. The number of nitrogens with zero attached hydrogens (tertiary/aromatic N) is 2. The zero-order valence-electron chi connectivity index (χ0n) is 10.1. The Hall–Kier alpha value is -1.20. The molecule has 5 heteroatoms. The van der Waals surface area contributed by atoms with E-state index in [4.69, 9.17) is 18.0 Å². The van der Waals surface area contributed by atoms with Crippen LogP contribution in [0, 0.1) is 0 Å². The van der Waals surface area contributed by atoms with E-state index in [9.17, 15) is 5.11 Å². The summed E-state index contributed by atoms with van der Waals surface area (Å²) < 4.78 is 0. The Morgan fingerprint density at radius 1 is 1.39 bits per heavy atom. The number of hydrogen-bond acceptors (Lipinski definition) is 4. The Balaban J connectivity index is 1.91. The van der Waals surface area contributed by atoms with Crippen molar-refractivity contribution in [2.75, 3.05) is 4.90 Å². The van der Waals surface area contributed by atoms with Gasteiger partial charge in [-0.1, -0.05) is 12.2 Å². The summed E-state index contributed by atoms with van der Waals surface area (Å²) >= 11 is 4.97. The Kier molecular flexibility index (Phi) is 2.95. The third-order valence-corrected chi connectivity index (χ3v) is 4.21. The number of anilines is 1. The van der Waals surface area contributed by atoms with Gasteiger partial charge < -0.3 is 15.7 Å². The van der Waals surface area contributed by atoms with Gasteiger partial charge in [-0.3, -0.25) is 4.98 Å². The second-order valence-corrected chi connectivity index (χ2v) is 5.62. The molecule has 2 aliphatic heterocycles. The summed E-state index contributed by atoms with van der Waals surface area (Å²) in [7, 11) is 0. The van der Waals surface area contributed by atoms with E-state index in [1.165, 1.54) is 0 Å². The molecule has 2 atom stereocenters. The number of pyridine rings is 1. The van der Waals surface area contributed by atoms with Gasteiger partial charge in [0, 0.05) is 24.0 Å². The molecule has 3 heterocycles. The maximum absolute atomic E-state index is 9.82. The van der Waals surface area contributed by atoms with Crippen molar-refractivity contribution in [3.8, 4) is 0 Å². The molecule has 96 valence electrons. The fraction of sp³-hybridized carbons (Fsp3) is 0.538. The van der Waals surface area contributed by atoms with Gasteiger partial charge in [0.15, 0.2) is 0 Å². The molecule has 2 bridgehead atoms. The van der Waals surface area contributed by atoms with E-state index in [0.717, 1.165) is 31.4 Å². The molecule has 2 fully saturated rings. The summed E-state index contributed by atoms with van der Waals surface area (Å²) in [6.45, 7) is 0. The predicted molar refractivity (Wildman–Crippen MR) is 74.7 cm³/mol. The Bertz CT molecular complexity index is 465. The van der Waals surface area contributed by atoms with E-state index in [2.05, 4.69) is 9.88 Å². The van der Waals surface area contributed by atoms with Gasteiger partial charge in [0.2, 0.25) is 0 Å². The van der Waals surface area contributed by atoms with Gasteiger partial charge in [-0.05, 0) is 37.8 Å². The molecular formula is C13H17N3OS. The van der Waals surface area contributed by atoms with Crippen LogP contribution >= 0.6 is 12.2 Å². The van der Waals surface area contributed by atoms with E-state index >= 15 is 0 Å². The first-order valence-corrected chi connectivity index (χ1v) is 6.78. The molecule has 0 amide bonds. The molecule has 2 aliphatic rings. The van der Waals surface area contributed by atoms with Gasteiger partial charge in [-0.15, -0.1) is 0 Å². The van der Waals surface area contributed by atoms with Crippen molar-refractivity contribution in [3.05, 3.63) is 24.0 Å². The SMILES string of the molecule is NC(=S)c1cc(N2C3CCC2CC(O)C3)ccn1. The smallest absolute Gasteiger partial charge is 0.122 e. The summed E-state index contributed by atoms with van der Waals surface area (Å²) in [6.07, 6.45) is 5.66. The normalized spacial score (nSPS) is 30.5. The molecule has 1 aromatic heterocycles. The van der Waals surface area contributed by atoms with Crippen molar-refractivity contribution in [2.45, 2.75) is 43.9 Å². The minimum absolute atomic E-state index is 0.143. The van der Waals surface area contributed by atoms with Crippen molar-refractivity contribution in [3.63, 3.8) is 0 Å². The monoisotopic (exact) mass is 263 g/mol. The Morgan fingerprint density at radius 2 is 2.06 bits per heavy atom. The molecule has 0 spiro atoms. The van der Waals surface area contributed by atoms with Crippen molar-refractivity contribution < 1.29 is 5.11 Å². The van der Waals surface area contributed by atoms with E-state index in [1.807, 2.05) is 12.1 Å². The summed E-state index contributed by atoms with van der Waals surface area (Å²) in [5, 5.41) is 9.82. The lowest BCUT2D eigenvalue weighted by atomic mass is 9.99. The van der Waals surface area contributed by atoms with Crippen LogP contribution in [0.4, 0.5) is 5.69 Å². The van der Waals surface area contributed by atoms with Crippen LogP contribution in [0.5, 0.6) is 0 Å². The first kappa shape index (κ1) is 11.9. The third kappa shape index (κ3) is 1.97. The van der Waals surface area contributed by atoms with Crippen molar-refractivity contribution >= 4 is 22.9 Å². The van der Waals surface area contributed by atoms with Crippen LogP contribution < -0.4 is 10.6 Å². The molecule has 3 rings (SSSR count). The summed E-state index contributed by atoms with van der Waals surface area (Å²) in [5.41, 5.74) is 7.44. The summed E-state index contributed by atoms with van der Waals surface area (Å²) in [5.74, 6) is 0. The third-order valence-electron chi connectivity index (χ3n) is 4.00. The molecule has 0 radical (unpaired) electrons. The topological polar surface area (TPSA) is 62.4 Å². The van der Waals surface area contributed by atoms with Crippen molar-refractivity contribution in [1.29, 1.82) is 0 Å². The minimum Gasteiger partial charge on any atom is -0.393 e. The predicted octanol–water partition coefficient (Wildman–Crippen LogP) is 1.21. The fourth-order valence-electron chi connectivity index (χ4n) is 3.28. The highest BCUT2D eigenvalue weighted by Crippen LogP contribution is 2.39. The number of aliphatic hydroxyl groups excluding tert-OH is 1. The molecule has 2 unspecified atom stereocenters. The number of aromatic nitrogens is 1. The average molecular weight is 263 g/mol. The van der Waals surface area contributed by atoms with Crippen LogP contribution in [-0.2, 0) is 0 Å². The highest BCUT2D eigenvalue weighted by Gasteiger charge is 2.40. The zero-order chi connectivity index (χ0) is 12.7. The fourth-order valence-corrected chi connectivity index (χ4v) is 3.40. The lowest BCUT2D eigenvalue weighted by molar-refractivity contribution is 0.126. The van der Waals surface area contributed by atoms with Crippen LogP contribution in [0.3, 0.4) is 0 Å². The van der Waals surface area contributed by atoms with Gasteiger partial charge in [-0.25, -0.2) is 0 Å². The second-order valence-electron chi connectivity index (χ2n) is 5.18. The quantitative estimate of drug-likeness (QED) is 0.785. The summed E-state index contributed by atoms with van der Waals surface area (Å²) in [4.78, 5) is 6.92. The number of rotatable bonds is 2. The van der Waals surface area contributed by atoms with Crippen molar-refractivity contribution in [1.82, 2.24) is 4.98 Å². The maximum Gasteiger partial charge on any atom is 0.122 e. The molecule has 0 aromatic carbocycles. The minimum atomic E-state index is -0.143. The first-order chi connectivity index (χ1) is 8.65. The number of aliphatic hydroxyl groups is 1. The lowest BCUT2D eigenvalue weighted by Crippen LogP contribution is -2.44. The molecule has 3 N–H and O–H groups in total. The second kappa shape index (κ2) is 4.48. The summed E-state index contributed by atoms with van der Waals surface area (Å²) in [6, 6.07) is 4.86. The van der Waals surface area contributed by atoms with Crippen LogP contribution in [-0.4, -0.2) is 33.3 Å². The van der Waals surface area contributed by atoms with Crippen LogP contribution in [0.15, 0.2) is 18.3 Å². The van der Waals surface area contributed by atoms with Gasteiger partial charge >= 0.3 is 0 Å². The number of piperidine rings is 1. The van der Waals surface area contributed by atoms with Gasteiger partial charge in [0.05, 0.1) is 11.8 Å². The molecular weight excluding hydrogens is 246 g/mol. The Labute approximate surface area is 112 Å². The van der Waals surface area contributed by atoms with E-state index in [1.54, 1.807) is 6.20 Å². The standard InChI is InChI=1S/C13H17N3OS/c14-13(18)12-7-10(3-4-15-12)16-8-1-2-9(16)6-11(17)5-8/h3-4,7-9,11,17H,1-2,5-6H2,(H2,14,18). The van der Waals surface area contributed by atoms with Crippen molar-refractivity contribution in [2.24, 2.45) is 5.73 Å². The van der Waals surface area contributed by atoms with E-state index in [0.29, 0.717) is 22.8 Å². The number of thiocarbonyl (C=S) groups is 1. The highest BCUT2D eigenvalue weighted by molar-refractivity contribution is 7.80. The highest BCUT2D eigenvalue weighted by atomic mass is 32.1.